The van der Waals surface area contributed by atoms with Crippen molar-refractivity contribution >= 4 is 10.0 Å². The molecule has 0 amide bonds. The van der Waals surface area contributed by atoms with Crippen LogP contribution in [-0.2, 0) is 14.8 Å². The van der Waals surface area contributed by atoms with Crippen LogP contribution in [0.1, 0.15) is 12.5 Å². The Kier molecular flexibility index (Phi) is 6.61. The van der Waals surface area contributed by atoms with E-state index in [-0.39, 0.29) is 11.4 Å². The molecule has 6 heteroatoms. The quantitative estimate of drug-likeness (QED) is 0.618. The minimum atomic E-state index is -3.61. The molecule has 0 aliphatic carbocycles. The molecular formula is C15H21NO4S. The Morgan fingerprint density at radius 1 is 1.33 bits per heavy atom. The highest BCUT2D eigenvalue weighted by Gasteiger charge is 2.20. The molecule has 1 N–H and O–H groups in total. The summed E-state index contributed by atoms with van der Waals surface area (Å²) < 4.78 is 30.9. The second kappa shape index (κ2) is 7.97. The van der Waals surface area contributed by atoms with E-state index in [4.69, 9.17) is 0 Å². The van der Waals surface area contributed by atoms with E-state index < -0.39 is 16.3 Å². The molecule has 5 nitrogen and oxygen atoms in total. The number of nitrogens with zero attached hydrogens (tertiary/aromatic N) is 1. The molecule has 1 unspecified atom stereocenters. The van der Waals surface area contributed by atoms with Gasteiger partial charge in [-0.05, 0) is 32.1 Å². The third-order valence-corrected chi connectivity index (χ3v) is 4.53. The van der Waals surface area contributed by atoms with E-state index in [2.05, 4.69) is 4.74 Å². The van der Waals surface area contributed by atoms with Crippen LogP contribution in [0.15, 0.2) is 53.6 Å². The Hall–Kier alpha value is -1.63. The molecule has 0 fully saturated rings. The Morgan fingerprint density at radius 2 is 1.95 bits per heavy atom. The lowest BCUT2D eigenvalue weighted by molar-refractivity contribution is -0.0358. The van der Waals surface area contributed by atoms with Gasteiger partial charge < -0.3 is 9.84 Å². The predicted molar refractivity (Wildman–Crippen MR) is 82.0 cm³/mol. The number of benzene rings is 1. The number of hydrogen-bond acceptors (Lipinski definition) is 4. The lowest BCUT2D eigenvalue weighted by Crippen LogP contribution is -2.26. The third kappa shape index (κ3) is 5.00. The molecule has 116 valence electrons. The van der Waals surface area contributed by atoms with Crippen LogP contribution in [-0.4, -0.2) is 37.8 Å². The highest BCUT2D eigenvalue weighted by molar-refractivity contribution is 7.89. The van der Waals surface area contributed by atoms with Gasteiger partial charge in [-0.15, -0.1) is 0 Å². The minimum absolute atomic E-state index is 0.112. The van der Waals surface area contributed by atoms with Gasteiger partial charge in [-0.1, -0.05) is 29.8 Å². The average Bonchev–Trinajstić information content (AvgIpc) is 2.46. The van der Waals surface area contributed by atoms with Crippen molar-refractivity contribution in [1.82, 2.24) is 4.31 Å². The zero-order valence-electron chi connectivity index (χ0n) is 12.4. The molecule has 0 bridgehead atoms. The van der Waals surface area contributed by atoms with Crippen LogP contribution >= 0.6 is 0 Å². The van der Waals surface area contributed by atoms with Gasteiger partial charge in [-0.3, -0.25) is 4.31 Å². The van der Waals surface area contributed by atoms with Gasteiger partial charge >= 0.3 is 0 Å². The number of hydrogen-bond donors (Lipinski definition) is 1. The summed E-state index contributed by atoms with van der Waals surface area (Å²) in [5.74, 6) is 0. The fourth-order valence-corrected chi connectivity index (χ4v) is 2.93. The molecule has 1 rings (SSSR count). The van der Waals surface area contributed by atoms with Gasteiger partial charge in [0.05, 0.1) is 11.4 Å². The summed E-state index contributed by atoms with van der Waals surface area (Å²) in [6, 6.07) is 6.67. The van der Waals surface area contributed by atoms with Crippen LogP contribution in [0, 0.1) is 6.92 Å². The maximum absolute atomic E-state index is 12.5. The summed E-state index contributed by atoms with van der Waals surface area (Å²) in [4.78, 5) is 0.229. The molecule has 0 aliphatic rings. The van der Waals surface area contributed by atoms with Gasteiger partial charge in [-0.25, -0.2) is 8.42 Å². The predicted octanol–water partition coefficient (Wildman–Crippen LogP) is 2.04. The second-order valence-electron chi connectivity index (χ2n) is 4.42. The van der Waals surface area contributed by atoms with E-state index in [0.29, 0.717) is 0 Å². The first kappa shape index (κ1) is 17.4. The summed E-state index contributed by atoms with van der Waals surface area (Å²) in [6.07, 6.45) is 5.02. The number of rotatable bonds is 7. The van der Waals surface area contributed by atoms with Gasteiger partial charge in [-0.2, -0.15) is 0 Å². The zero-order valence-corrected chi connectivity index (χ0v) is 13.2. The number of sulfonamides is 1. The maximum atomic E-state index is 12.5. The van der Waals surface area contributed by atoms with Crippen LogP contribution in [0.4, 0.5) is 0 Å². The Balaban J connectivity index is 2.98. The topological polar surface area (TPSA) is 66.8 Å². The highest BCUT2D eigenvalue weighted by Crippen LogP contribution is 2.16. The van der Waals surface area contributed by atoms with Crippen molar-refractivity contribution in [2.75, 3.05) is 13.7 Å². The molecular weight excluding hydrogens is 290 g/mol. The van der Waals surface area contributed by atoms with Crippen molar-refractivity contribution in [1.29, 1.82) is 0 Å². The van der Waals surface area contributed by atoms with Crippen LogP contribution in [0.25, 0.3) is 0 Å². The van der Waals surface area contributed by atoms with Crippen molar-refractivity contribution in [3.63, 3.8) is 0 Å². The number of ether oxygens (including phenoxy) is 1. The van der Waals surface area contributed by atoms with E-state index in [9.17, 15) is 13.5 Å². The highest BCUT2D eigenvalue weighted by atomic mass is 32.2. The number of allylic oxidation sites excluding steroid dienone is 1. The molecule has 0 saturated carbocycles. The van der Waals surface area contributed by atoms with Crippen LogP contribution < -0.4 is 0 Å². The molecule has 1 aromatic rings. The smallest absolute Gasteiger partial charge is 0.264 e. The van der Waals surface area contributed by atoms with Crippen molar-refractivity contribution in [3.05, 3.63) is 54.3 Å². The van der Waals surface area contributed by atoms with Crippen molar-refractivity contribution < 1.29 is 18.3 Å². The van der Waals surface area contributed by atoms with E-state index in [1.807, 2.05) is 6.92 Å². The summed E-state index contributed by atoms with van der Waals surface area (Å²) in [6.45, 7) is 3.75. The first-order valence-corrected chi connectivity index (χ1v) is 7.94. The molecule has 1 atom stereocenters. The SMILES string of the molecule is C/C=C/N(C/C=C/C(O)OC)S(=O)(=O)c1ccc(C)cc1. The molecule has 0 heterocycles. The van der Waals surface area contributed by atoms with Gasteiger partial charge in [0.2, 0.25) is 0 Å². The van der Waals surface area contributed by atoms with Gasteiger partial charge in [0.15, 0.2) is 6.29 Å². The molecule has 0 spiro atoms. The fourth-order valence-electron chi connectivity index (χ4n) is 1.61. The zero-order chi connectivity index (χ0) is 15.9. The maximum Gasteiger partial charge on any atom is 0.264 e. The van der Waals surface area contributed by atoms with Crippen LogP contribution in [0.5, 0.6) is 0 Å². The van der Waals surface area contributed by atoms with Gasteiger partial charge in [0.1, 0.15) is 0 Å². The van der Waals surface area contributed by atoms with Crippen molar-refractivity contribution in [2.24, 2.45) is 0 Å². The molecule has 1 aromatic carbocycles. The lowest BCUT2D eigenvalue weighted by atomic mass is 10.2. The number of aryl methyl sites for hydroxylation is 1. The van der Waals surface area contributed by atoms with Gasteiger partial charge in [0, 0.05) is 13.3 Å². The van der Waals surface area contributed by atoms with Crippen molar-refractivity contribution in [2.45, 2.75) is 25.0 Å². The number of aliphatic hydroxyl groups excluding tert-OH is 1. The molecule has 0 saturated heterocycles. The van der Waals surface area contributed by atoms with Crippen LogP contribution in [0.2, 0.25) is 0 Å². The molecule has 0 aliphatic heterocycles. The lowest BCUT2D eigenvalue weighted by Gasteiger charge is -2.19. The molecule has 0 aromatic heterocycles. The van der Waals surface area contributed by atoms with Crippen molar-refractivity contribution in [3.8, 4) is 0 Å². The Bertz CT molecular complexity index is 591. The van der Waals surface area contributed by atoms with E-state index in [1.165, 1.54) is 23.7 Å². The Morgan fingerprint density at radius 3 is 2.48 bits per heavy atom. The minimum Gasteiger partial charge on any atom is -0.365 e. The average molecular weight is 311 g/mol. The largest absolute Gasteiger partial charge is 0.365 e. The summed E-state index contributed by atoms with van der Waals surface area (Å²) in [7, 11) is -2.25. The first-order valence-electron chi connectivity index (χ1n) is 6.50. The van der Waals surface area contributed by atoms with Crippen LogP contribution in [0.3, 0.4) is 0 Å². The first-order chi connectivity index (χ1) is 9.91. The Labute approximate surface area is 126 Å². The second-order valence-corrected chi connectivity index (χ2v) is 6.32. The molecule has 0 radical (unpaired) electrons. The molecule has 21 heavy (non-hydrogen) atoms. The van der Waals surface area contributed by atoms with E-state index in [1.54, 1.807) is 43.3 Å². The third-order valence-electron chi connectivity index (χ3n) is 2.77. The standard InChI is InChI=1S/C15H21NO4S/c1-4-11-16(12-5-6-15(17)20-3)21(18,19)14-9-7-13(2)8-10-14/h4-11,15,17H,12H2,1-3H3/b6-5+,11-4+. The van der Waals surface area contributed by atoms with E-state index >= 15 is 0 Å². The summed E-state index contributed by atoms with van der Waals surface area (Å²) in [5, 5.41) is 9.26. The fraction of sp³-hybridized carbons (Fsp3) is 0.333. The summed E-state index contributed by atoms with van der Waals surface area (Å²) in [5.41, 5.74) is 0.995. The monoisotopic (exact) mass is 311 g/mol. The van der Waals surface area contributed by atoms with Gasteiger partial charge in [0.25, 0.3) is 10.0 Å². The van der Waals surface area contributed by atoms with E-state index in [0.717, 1.165) is 5.56 Å². The summed E-state index contributed by atoms with van der Waals surface area (Å²) >= 11 is 0. The number of methoxy groups -OCH3 is 1. The number of aliphatic hydroxyl groups is 1. The normalized spacial score (nSPS) is 13.9.